The second-order valence-electron chi connectivity index (χ2n) is 4.86. The first-order chi connectivity index (χ1) is 9.54. The van der Waals surface area contributed by atoms with E-state index >= 15 is 0 Å². The lowest BCUT2D eigenvalue weighted by atomic mass is 10.0. The van der Waals surface area contributed by atoms with Gasteiger partial charge in [-0.15, -0.1) is 0 Å². The largest absolute Gasteiger partial charge is 0.369 e. The van der Waals surface area contributed by atoms with E-state index in [1.807, 2.05) is 4.90 Å². The number of pyridine rings is 1. The molecule has 108 valence electrons. The van der Waals surface area contributed by atoms with Crippen LogP contribution in [0.3, 0.4) is 0 Å². The minimum absolute atomic E-state index is 0.110. The third-order valence-electron chi connectivity index (χ3n) is 3.29. The quantitative estimate of drug-likeness (QED) is 0.788. The third kappa shape index (κ3) is 4.18. The standard InChI is InChI=1S/C13H17ClN4O2/c14-11-7-9(1-4-16-11)13(20)17-10-2-5-18(6-3-10)8-12(15)19/h1,4,7,10H,2-3,5-6,8H2,(H2,15,19)(H,17,20). The fourth-order valence-electron chi connectivity index (χ4n) is 2.27. The van der Waals surface area contributed by atoms with E-state index in [4.69, 9.17) is 17.3 Å². The number of likely N-dealkylation sites (tertiary alicyclic amines) is 1. The van der Waals surface area contributed by atoms with Crippen LogP contribution in [0.2, 0.25) is 5.15 Å². The Morgan fingerprint density at radius 3 is 2.75 bits per heavy atom. The Morgan fingerprint density at radius 2 is 2.15 bits per heavy atom. The Bertz CT molecular complexity index is 501. The van der Waals surface area contributed by atoms with Crippen LogP contribution in [0.1, 0.15) is 23.2 Å². The van der Waals surface area contributed by atoms with Gasteiger partial charge in [0.2, 0.25) is 5.91 Å². The molecule has 6 nitrogen and oxygen atoms in total. The highest BCUT2D eigenvalue weighted by atomic mass is 35.5. The summed E-state index contributed by atoms with van der Waals surface area (Å²) in [7, 11) is 0. The Kier molecular flexibility index (Phi) is 4.92. The zero-order valence-corrected chi connectivity index (χ0v) is 11.8. The number of nitrogens with one attached hydrogen (secondary N) is 1. The normalized spacial score (nSPS) is 16.9. The number of carbonyl (C=O) groups is 2. The van der Waals surface area contributed by atoms with E-state index in [-0.39, 0.29) is 24.4 Å². The molecule has 0 saturated carbocycles. The van der Waals surface area contributed by atoms with Crippen molar-refractivity contribution in [3.8, 4) is 0 Å². The van der Waals surface area contributed by atoms with Gasteiger partial charge in [-0.25, -0.2) is 4.98 Å². The molecule has 1 fully saturated rings. The van der Waals surface area contributed by atoms with Crippen LogP contribution in [-0.2, 0) is 4.79 Å². The number of piperidine rings is 1. The van der Waals surface area contributed by atoms with Crippen molar-refractivity contribution in [3.63, 3.8) is 0 Å². The van der Waals surface area contributed by atoms with Crippen LogP contribution < -0.4 is 11.1 Å². The highest BCUT2D eigenvalue weighted by Gasteiger charge is 2.21. The van der Waals surface area contributed by atoms with Crippen LogP contribution in [0.15, 0.2) is 18.3 Å². The van der Waals surface area contributed by atoms with Crippen molar-refractivity contribution >= 4 is 23.4 Å². The summed E-state index contributed by atoms with van der Waals surface area (Å²) in [6.45, 7) is 1.79. The van der Waals surface area contributed by atoms with Crippen LogP contribution in [0.4, 0.5) is 0 Å². The molecule has 2 amide bonds. The van der Waals surface area contributed by atoms with Crippen LogP contribution in [-0.4, -0.2) is 47.4 Å². The topological polar surface area (TPSA) is 88.3 Å². The Morgan fingerprint density at radius 1 is 1.45 bits per heavy atom. The monoisotopic (exact) mass is 296 g/mol. The summed E-state index contributed by atoms with van der Waals surface area (Å²) in [6.07, 6.45) is 3.11. The molecule has 2 heterocycles. The van der Waals surface area contributed by atoms with Crippen molar-refractivity contribution in [1.29, 1.82) is 0 Å². The molecule has 20 heavy (non-hydrogen) atoms. The number of primary amides is 1. The predicted octanol–water partition coefficient (Wildman–Crippen LogP) is 0.414. The Hall–Kier alpha value is -1.66. The van der Waals surface area contributed by atoms with Crippen LogP contribution in [0, 0.1) is 0 Å². The summed E-state index contributed by atoms with van der Waals surface area (Å²) in [4.78, 5) is 28.7. The lowest BCUT2D eigenvalue weighted by molar-refractivity contribution is -0.119. The number of rotatable bonds is 4. The predicted molar refractivity (Wildman–Crippen MR) is 75.4 cm³/mol. The smallest absolute Gasteiger partial charge is 0.251 e. The molecule has 0 atom stereocenters. The average Bonchev–Trinajstić information content (AvgIpc) is 2.40. The average molecular weight is 297 g/mol. The van der Waals surface area contributed by atoms with Gasteiger partial charge in [-0.3, -0.25) is 14.5 Å². The van der Waals surface area contributed by atoms with Gasteiger partial charge in [-0.05, 0) is 25.0 Å². The second kappa shape index (κ2) is 6.67. The lowest BCUT2D eigenvalue weighted by Gasteiger charge is -2.31. The van der Waals surface area contributed by atoms with Gasteiger partial charge in [0.25, 0.3) is 5.91 Å². The number of nitrogens with zero attached hydrogens (tertiary/aromatic N) is 2. The van der Waals surface area contributed by atoms with Gasteiger partial charge >= 0.3 is 0 Å². The van der Waals surface area contributed by atoms with Crippen LogP contribution in [0.25, 0.3) is 0 Å². The van der Waals surface area contributed by atoms with Crippen LogP contribution in [0.5, 0.6) is 0 Å². The van der Waals surface area contributed by atoms with Crippen molar-refractivity contribution in [2.45, 2.75) is 18.9 Å². The van der Waals surface area contributed by atoms with Gasteiger partial charge in [0.1, 0.15) is 5.15 Å². The maximum Gasteiger partial charge on any atom is 0.251 e. The molecule has 0 spiro atoms. The van der Waals surface area contributed by atoms with E-state index in [2.05, 4.69) is 10.3 Å². The summed E-state index contributed by atoms with van der Waals surface area (Å²) < 4.78 is 0. The van der Waals surface area contributed by atoms with Crippen molar-refractivity contribution < 1.29 is 9.59 Å². The lowest BCUT2D eigenvalue weighted by Crippen LogP contribution is -2.46. The minimum atomic E-state index is -0.320. The van der Waals surface area contributed by atoms with Crippen molar-refractivity contribution in [2.75, 3.05) is 19.6 Å². The van der Waals surface area contributed by atoms with Gasteiger partial charge < -0.3 is 11.1 Å². The van der Waals surface area contributed by atoms with Gasteiger partial charge in [-0.1, -0.05) is 11.6 Å². The molecular weight excluding hydrogens is 280 g/mol. The van der Waals surface area contributed by atoms with Gasteiger partial charge in [0, 0.05) is 30.9 Å². The molecule has 1 aromatic heterocycles. The molecule has 7 heteroatoms. The fraction of sp³-hybridized carbons (Fsp3) is 0.462. The molecule has 1 aliphatic heterocycles. The zero-order chi connectivity index (χ0) is 14.5. The summed E-state index contributed by atoms with van der Waals surface area (Å²) in [5.41, 5.74) is 5.66. The number of carbonyl (C=O) groups excluding carboxylic acids is 2. The molecule has 1 aromatic rings. The highest BCUT2D eigenvalue weighted by Crippen LogP contribution is 2.12. The molecular formula is C13H17ClN4O2. The first kappa shape index (κ1) is 14.7. The second-order valence-corrected chi connectivity index (χ2v) is 5.24. The summed E-state index contributed by atoms with van der Waals surface area (Å²) >= 11 is 5.76. The number of hydrogen-bond donors (Lipinski definition) is 2. The summed E-state index contributed by atoms with van der Waals surface area (Å²) in [6, 6.07) is 3.28. The number of nitrogens with two attached hydrogens (primary N) is 1. The molecule has 0 bridgehead atoms. The maximum atomic E-state index is 12.0. The van der Waals surface area contributed by atoms with Gasteiger partial charge in [0.05, 0.1) is 6.54 Å². The van der Waals surface area contributed by atoms with Gasteiger partial charge in [-0.2, -0.15) is 0 Å². The van der Waals surface area contributed by atoms with E-state index in [1.54, 1.807) is 12.1 Å². The molecule has 1 aliphatic rings. The third-order valence-corrected chi connectivity index (χ3v) is 3.50. The highest BCUT2D eigenvalue weighted by molar-refractivity contribution is 6.29. The zero-order valence-electron chi connectivity index (χ0n) is 11.0. The van der Waals surface area contributed by atoms with Crippen molar-refractivity contribution in [1.82, 2.24) is 15.2 Å². The molecule has 1 saturated heterocycles. The Labute approximate surface area is 122 Å². The Balaban J connectivity index is 1.83. The summed E-state index contributed by atoms with van der Waals surface area (Å²) in [5.74, 6) is -0.471. The SMILES string of the molecule is NC(=O)CN1CCC(NC(=O)c2ccnc(Cl)c2)CC1. The first-order valence-electron chi connectivity index (χ1n) is 6.47. The number of amides is 2. The molecule has 0 radical (unpaired) electrons. The number of halogens is 1. The van der Waals surface area contributed by atoms with E-state index in [0.29, 0.717) is 10.7 Å². The number of hydrogen-bond acceptors (Lipinski definition) is 4. The van der Waals surface area contributed by atoms with E-state index in [0.717, 1.165) is 25.9 Å². The maximum absolute atomic E-state index is 12.0. The molecule has 3 N–H and O–H groups in total. The summed E-state index contributed by atoms with van der Waals surface area (Å²) in [5, 5.41) is 3.27. The minimum Gasteiger partial charge on any atom is -0.369 e. The van der Waals surface area contributed by atoms with Crippen molar-refractivity contribution in [2.24, 2.45) is 5.73 Å². The van der Waals surface area contributed by atoms with E-state index in [1.165, 1.54) is 6.20 Å². The molecule has 0 aliphatic carbocycles. The first-order valence-corrected chi connectivity index (χ1v) is 6.85. The fourth-order valence-corrected chi connectivity index (χ4v) is 2.44. The van der Waals surface area contributed by atoms with E-state index < -0.39 is 0 Å². The molecule has 0 unspecified atom stereocenters. The molecule has 2 rings (SSSR count). The van der Waals surface area contributed by atoms with E-state index in [9.17, 15) is 9.59 Å². The van der Waals surface area contributed by atoms with Crippen molar-refractivity contribution in [3.05, 3.63) is 29.0 Å². The van der Waals surface area contributed by atoms with Gasteiger partial charge in [0.15, 0.2) is 0 Å². The number of aromatic nitrogens is 1. The molecule has 0 aromatic carbocycles. The van der Waals surface area contributed by atoms with Crippen LogP contribution >= 0.6 is 11.6 Å².